The molecule has 0 amide bonds. The highest BCUT2D eigenvalue weighted by Crippen LogP contribution is 2.47. The molecule has 0 fully saturated rings. The Morgan fingerprint density at radius 2 is 0.797 bits per heavy atom. The Hall–Kier alpha value is -8.46. The van der Waals surface area contributed by atoms with Crippen molar-refractivity contribution in [2.45, 2.75) is 0 Å². The van der Waals surface area contributed by atoms with Crippen molar-refractivity contribution in [2.24, 2.45) is 0 Å². The van der Waals surface area contributed by atoms with Crippen molar-refractivity contribution in [3.05, 3.63) is 237 Å². The minimum absolute atomic E-state index is 0.875. The Morgan fingerprint density at radius 1 is 0.266 bits per heavy atom. The third-order valence-electron chi connectivity index (χ3n) is 13.2. The van der Waals surface area contributed by atoms with Gasteiger partial charge < -0.3 is 9.32 Å². The predicted molar refractivity (Wildman–Crippen MR) is 272 cm³/mol. The number of nitrogens with zero attached hydrogens (tertiary/aromatic N) is 1. The van der Waals surface area contributed by atoms with E-state index in [9.17, 15) is 0 Å². The van der Waals surface area contributed by atoms with Crippen LogP contribution in [-0.2, 0) is 0 Å². The normalized spacial score (nSPS) is 11.8. The molecule has 0 spiro atoms. The van der Waals surface area contributed by atoms with Crippen molar-refractivity contribution in [3.63, 3.8) is 0 Å². The zero-order chi connectivity index (χ0) is 42.1. The second kappa shape index (κ2) is 14.6. The van der Waals surface area contributed by atoms with Crippen LogP contribution in [0.5, 0.6) is 0 Å². The number of hydrogen-bond acceptors (Lipinski definition) is 2. The van der Waals surface area contributed by atoms with Crippen LogP contribution in [0.2, 0.25) is 0 Å². The molecule has 2 nitrogen and oxygen atoms in total. The number of rotatable bonds is 6. The van der Waals surface area contributed by atoms with Crippen LogP contribution < -0.4 is 4.90 Å². The second-order valence-corrected chi connectivity index (χ2v) is 16.8. The standard InChI is InChI=1S/C62H39NO/c1-3-17-42(18-4-1)60-54-26-12-11-25-51(54)52-33-31-45(38-57(52)61(60)43-19-5-2-6-20-43)44-21-13-22-46(37-44)63(58-28-14-27-50-48-23-9-7-15-40(48)29-34-53(50)58)47-32-36-59-56(39-47)55-35-30-41-16-8-10-24-49(41)62(55)64-59/h1-39H. The van der Waals surface area contributed by atoms with Gasteiger partial charge in [0.2, 0.25) is 0 Å². The van der Waals surface area contributed by atoms with E-state index in [4.69, 9.17) is 4.42 Å². The smallest absolute Gasteiger partial charge is 0.143 e. The fourth-order valence-corrected chi connectivity index (χ4v) is 10.3. The Labute approximate surface area is 370 Å². The maximum Gasteiger partial charge on any atom is 0.143 e. The van der Waals surface area contributed by atoms with Crippen LogP contribution in [0.4, 0.5) is 17.1 Å². The molecule has 0 atom stereocenters. The zero-order valence-electron chi connectivity index (χ0n) is 34.9. The van der Waals surface area contributed by atoms with Crippen molar-refractivity contribution in [1.82, 2.24) is 0 Å². The summed E-state index contributed by atoms with van der Waals surface area (Å²) < 4.78 is 6.63. The van der Waals surface area contributed by atoms with Crippen LogP contribution in [-0.4, -0.2) is 0 Å². The molecule has 12 aromatic carbocycles. The topological polar surface area (TPSA) is 16.4 Å². The van der Waals surface area contributed by atoms with Crippen molar-refractivity contribution in [1.29, 1.82) is 0 Å². The summed E-state index contributed by atoms with van der Waals surface area (Å²) in [7, 11) is 0. The third kappa shape index (κ3) is 5.73. The molecule has 0 saturated heterocycles. The van der Waals surface area contributed by atoms with Crippen LogP contribution >= 0.6 is 0 Å². The fraction of sp³-hybridized carbons (Fsp3) is 0. The molecule has 298 valence electrons. The van der Waals surface area contributed by atoms with E-state index in [1.165, 1.54) is 70.7 Å². The van der Waals surface area contributed by atoms with Gasteiger partial charge in [0.05, 0.1) is 5.69 Å². The van der Waals surface area contributed by atoms with Crippen molar-refractivity contribution in [2.75, 3.05) is 4.90 Å². The minimum Gasteiger partial charge on any atom is -0.455 e. The maximum absolute atomic E-state index is 6.63. The first-order chi connectivity index (χ1) is 31.7. The van der Waals surface area contributed by atoms with E-state index in [2.05, 4.69) is 241 Å². The lowest BCUT2D eigenvalue weighted by Gasteiger charge is -2.27. The van der Waals surface area contributed by atoms with E-state index in [0.29, 0.717) is 0 Å². The van der Waals surface area contributed by atoms with Crippen LogP contribution in [0.25, 0.3) is 109 Å². The first kappa shape index (κ1) is 36.2. The predicted octanol–water partition coefficient (Wildman–Crippen LogP) is 17.8. The molecule has 1 heterocycles. The van der Waals surface area contributed by atoms with E-state index in [-0.39, 0.29) is 0 Å². The van der Waals surface area contributed by atoms with Crippen LogP contribution in [0, 0.1) is 0 Å². The van der Waals surface area contributed by atoms with Crippen LogP contribution in [0.1, 0.15) is 0 Å². The molecule has 64 heavy (non-hydrogen) atoms. The molecule has 0 unspecified atom stereocenters. The SMILES string of the molecule is c1ccc(-c2c(-c3ccccc3)c3cc(-c4cccc(N(c5ccc6oc7c8ccccc8ccc7c6c5)c5cccc6c5ccc5ccccc56)c4)ccc3c3ccccc23)cc1. The van der Waals surface area contributed by atoms with Crippen molar-refractivity contribution in [3.8, 4) is 33.4 Å². The first-order valence-corrected chi connectivity index (χ1v) is 22.0. The van der Waals surface area contributed by atoms with Gasteiger partial charge in [-0.3, -0.25) is 0 Å². The summed E-state index contributed by atoms with van der Waals surface area (Å²) >= 11 is 0. The largest absolute Gasteiger partial charge is 0.455 e. The molecule has 2 heteroatoms. The van der Waals surface area contributed by atoms with Gasteiger partial charge in [-0.15, -0.1) is 0 Å². The number of furan rings is 1. The Morgan fingerprint density at radius 3 is 1.58 bits per heavy atom. The number of fused-ring (bicyclic) bond motifs is 11. The lowest BCUT2D eigenvalue weighted by molar-refractivity contribution is 0.672. The van der Waals surface area contributed by atoms with E-state index >= 15 is 0 Å². The quantitative estimate of drug-likeness (QED) is 0.156. The van der Waals surface area contributed by atoms with Crippen LogP contribution in [0.15, 0.2) is 241 Å². The summed E-state index contributed by atoms with van der Waals surface area (Å²) in [5, 5.41) is 14.4. The fourth-order valence-electron chi connectivity index (χ4n) is 10.3. The maximum atomic E-state index is 6.63. The summed E-state index contributed by atoms with van der Waals surface area (Å²) in [6.45, 7) is 0. The van der Waals surface area contributed by atoms with Crippen LogP contribution in [0.3, 0.4) is 0 Å². The Balaban J connectivity index is 1.05. The highest BCUT2D eigenvalue weighted by atomic mass is 16.3. The molecule has 0 bridgehead atoms. The van der Waals surface area contributed by atoms with Gasteiger partial charge in [-0.05, 0) is 125 Å². The summed E-state index contributed by atoms with van der Waals surface area (Å²) in [6, 6.07) is 86.2. The van der Waals surface area contributed by atoms with Crippen molar-refractivity contribution < 1.29 is 4.42 Å². The third-order valence-corrected chi connectivity index (χ3v) is 13.2. The monoisotopic (exact) mass is 813 g/mol. The average molecular weight is 814 g/mol. The number of benzene rings is 12. The summed E-state index contributed by atoms with van der Waals surface area (Å²) in [4.78, 5) is 2.43. The van der Waals surface area contributed by atoms with Gasteiger partial charge in [0.15, 0.2) is 0 Å². The summed E-state index contributed by atoms with van der Waals surface area (Å²) in [5.41, 5.74) is 12.3. The highest BCUT2D eigenvalue weighted by Gasteiger charge is 2.21. The van der Waals surface area contributed by atoms with E-state index in [1.807, 2.05) is 0 Å². The molecule has 0 aliphatic heterocycles. The van der Waals surface area contributed by atoms with Crippen molar-refractivity contribution >= 4 is 92.9 Å². The Bertz CT molecular complexity index is 3960. The molecule has 13 aromatic rings. The van der Waals surface area contributed by atoms with Gasteiger partial charge in [0.1, 0.15) is 11.2 Å². The lowest BCUT2D eigenvalue weighted by atomic mass is 9.84. The van der Waals surface area contributed by atoms with E-state index in [1.54, 1.807) is 0 Å². The summed E-state index contributed by atoms with van der Waals surface area (Å²) in [6.07, 6.45) is 0. The molecular weight excluding hydrogens is 775 g/mol. The molecule has 0 N–H and O–H groups in total. The summed E-state index contributed by atoms with van der Waals surface area (Å²) in [5.74, 6) is 0. The average Bonchev–Trinajstić information content (AvgIpc) is 3.75. The van der Waals surface area contributed by atoms with E-state index in [0.717, 1.165) is 55.5 Å². The number of hydrogen-bond donors (Lipinski definition) is 0. The second-order valence-electron chi connectivity index (χ2n) is 16.8. The van der Waals surface area contributed by atoms with Gasteiger partial charge in [0.25, 0.3) is 0 Å². The van der Waals surface area contributed by atoms with Gasteiger partial charge in [0, 0.05) is 32.9 Å². The number of anilines is 3. The first-order valence-electron chi connectivity index (χ1n) is 22.0. The molecule has 13 rings (SSSR count). The van der Waals surface area contributed by atoms with Gasteiger partial charge in [-0.2, -0.15) is 0 Å². The van der Waals surface area contributed by atoms with E-state index < -0.39 is 0 Å². The molecular formula is C62H39NO. The Kier molecular flexibility index (Phi) is 8.25. The van der Waals surface area contributed by atoms with Gasteiger partial charge >= 0.3 is 0 Å². The molecule has 1 aromatic heterocycles. The van der Waals surface area contributed by atoms with Gasteiger partial charge in [-0.25, -0.2) is 0 Å². The molecule has 0 saturated carbocycles. The lowest BCUT2D eigenvalue weighted by Crippen LogP contribution is -2.10. The molecule has 0 aliphatic rings. The molecule has 0 radical (unpaired) electrons. The highest BCUT2D eigenvalue weighted by molar-refractivity contribution is 6.22. The zero-order valence-corrected chi connectivity index (χ0v) is 34.9. The minimum atomic E-state index is 0.875. The molecule has 0 aliphatic carbocycles. The van der Waals surface area contributed by atoms with Gasteiger partial charge in [-0.1, -0.05) is 188 Å².